The van der Waals surface area contributed by atoms with Gasteiger partial charge in [-0.05, 0) is 20.4 Å². The number of nitrogens with one attached hydrogen (secondary N) is 1. The van der Waals surface area contributed by atoms with Gasteiger partial charge in [0.05, 0.1) is 0 Å². The van der Waals surface area contributed by atoms with Crippen molar-refractivity contribution in [1.29, 1.82) is 0 Å². The molecule has 2 heteroatoms. The predicted molar refractivity (Wildman–Crippen MR) is 44.2 cm³/mol. The van der Waals surface area contributed by atoms with E-state index in [2.05, 4.69) is 31.1 Å². The summed E-state index contributed by atoms with van der Waals surface area (Å²) in [6.07, 6.45) is 1.24. The summed E-state index contributed by atoms with van der Waals surface area (Å²) in [4.78, 5) is 2.40. The first-order valence-electron chi connectivity index (χ1n) is 4.17. The highest BCUT2D eigenvalue weighted by Gasteiger charge is 2.18. The fourth-order valence-corrected chi connectivity index (χ4v) is 1.67. The first-order chi connectivity index (χ1) is 4.72. The molecule has 1 aliphatic rings. The monoisotopic (exact) mass is 142 g/mol. The fourth-order valence-electron chi connectivity index (χ4n) is 1.67. The molecule has 2 atom stereocenters. The molecular weight excluding hydrogens is 124 g/mol. The zero-order valence-corrected chi connectivity index (χ0v) is 7.22. The number of likely N-dealkylation sites (N-methyl/N-ethyl adjacent to an activating group) is 1. The summed E-state index contributed by atoms with van der Waals surface area (Å²) in [7, 11) is 2.19. The summed E-state index contributed by atoms with van der Waals surface area (Å²) in [5.41, 5.74) is 0. The van der Waals surface area contributed by atoms with Gasteiger partial charge < -0.3 is 10.2 Å². The van der Waals surface area contributed by atoms with Crippen LogP contribution in [0.3, 0.4) is 0 Å². The molecule has 1 saturated heterocycles. The van der Waals surface area contributed by atoms with E-state index in [-0.39, 0.29) is 0 Å². The molecule has 1 aliphatic heterocycles. The first-order valence-corrected chi connectivity index (χ1v) is 4.17. The van der Waals surface area contributed by atoms with Gasteiger partial charge in [-0.25, -0.2) is 0 Å². The smallest absolute Gasteiger partial charge is 0.0195 e. The molecule has 0 spiro atoms. The Morgan fingerprint density at radius 2 is 2.20 bits per heavy atom. The molecule has 1 fully saturated rings. The van der Waals surface area contributed by atoms with Crippen LogP contribution < -0.4 is 5.32 Å². The molecule has 0 radical (unpaired) electrons. The van der Waals surface area contributed by atoms with E-state index in [4.69, 9.17) is 0 Å². The first kappa shape index (κ1) is 8.02. The quantitative estimate of drug-likeness (QED) is 0.579. The van der Waals surface area contributed by atoms with E-state index in [1.165, 1.54) is 19.5 Å². The summed E-state index contributed by atoms with van der Waals surface area (Å²) < 4.78 is 0. The maximum absolute atomic E-state index is 3.55. The van der Waals surface area contributed by atoms with Crippen LogP contribution >= 0.6 is 0 Å². The average Bonchev–Trinajstić information content (AvgIpc) is 1.85. The van der Waals surface area contributed by atoms with E-state index in [0.29, 0.717) is 12.1 Å². The van der Waals surface area contributed by atoms with Crippen molar-refractivity contribution >= 4 is 0 Å². The minimum Gasteiger partial charge on any atom is -0.309 e. The maximum atomic E-state index is 3.55. The Hall–Kier alpha value is -0.0800. The van der Waals surface area contributed by atoms with Crippen LogP contribution in [0.25, 0.3) is 0 Å². The number of piperazine rings is 1. The van der Waals surface area contributed by atoms with Gasteiger partial charge in [-0.3, -0.25) is 0 Å². The van der Waals surface area contributed by atoms with Crippen molar-refractivity contribution in [3.05, 3.63) is 0 Å². The summed E-state index contributed by atoms with van der Waals surface area (Å²) in [6, 6.07) is 1.39. The molecule has 0 aromatic heterocycles. The lowest BCUT2D eigenvalue weighted by Gasteiger charge is -2.34. The zero-order valence-electron chi connectivity index (χ0n) is 7.22. The van der Waals surface area contributed by atoms with Gasteiger partial charge in [0, 0.05) is 25.2 Å². The highest BCUT2D eigenvalue weighted by Crippen LogP contribution is 2.03. The molecule has 1 heterocycles. The van der Waals surface area contributed by atoms with E-state index in [9.17, 15) is 0 Å². The van der Waals surface area contributed by atoms with Gasteiger partial charge in [-0.15, -0.1) is 0 Å². The highest BCUT2D eigenvalue weighted by molar-refractivity contribution is 4.80. The van der Waals surface area contributed by atoms with Crippen molar-refractivity contribution in [2.45, 2.75) is 32.4 Å². The van der Waals surface area contributed by atoms with Crippen molar-refractivity contribution in [2.75, 3.05) is 20.1 Å². The molecule has 2 nitrogen and oxygen atoms in total. The minimum atomic E-state index is 0.670. The van der Waals surface area contributed by atoms with E-state index >= 15 is 0 Å². The second-order valence-corrected chi connectivity index (χ2v) is 3.39. The lowest BCUT2D eigenvalue weighted by atomic mass is 10.1. The molecule has 60 valence electrons. The van der Waals surface area contributed by atoms with Gasteiger partial charge >= 0.3 is 0 Å². The SMILES string of the molecule is CCC1CN(C)C[C@H](C)N1. The summed E-state index contributed by atoms with van der Waals surface area (Å²) in [6.45, 7) is 6.89. The van der Waals surface area contributed by atoms with Gasteiger partial charge in [-0.2, -0.15) is 0 Å². The van der Waals surface area contributed by atoms with Gasteiger partial charge in [-0.1, -0.05) is 6.92 Å². The number of hydrogen-bond acceptors (Lipinski definition) is 2. The molecule has 1 N–H and O–H groups in total. The number of rotatable bonds is 1. The van der Waals surface area contributed by atoms with Crippen LogP contribution in [-0.4, -0.2) is 37.1 Å². The van der Waals surface area contributed by atoms with E-state index in [1.807, 2.05) is 0 Å². The van der Waals surface area contributed by atoms with Crippen LogP contribution in [0.2, 0.25) is 0 Å². The van der Waals surface area contributed by atoms with Crippen molar-refractivity contribution in [1.82, 2.24) is 10.2 Å². The molecule has 0 amide bonds. The molecule has 10 heavy (non-hydrogen) atoms. The molecule has 0 saturated carbocycles. The van der Waals surface area contributed by atoms with Gasteiger partial charge in [0.15, 0.2) is 0 Å². The number of hydrogen-bond donors (Lipinski definition) is 1. The lowest BCUT2D eigenvalue weighted by molar-refractivity contribution is 0.196. The predicted octanol–water partition coefficient (Wildman–Crippen LogP) is 0.689. The molecule has 0 aromatic rings. The summed E-state index contributed by atoms with van der Waals surface area (Å²) in [5.74, 6) is 0. The molecule has 0 aliphatic carbocycles. The standard InChI is InChI=1S/C8H18N2/c1-4-8-6-10(3)5-7(2)9-8/h7-9H,4-6H2,1-3H3/t7-,8?/m0/s1. The van der Waals surface area contributed by atoms with Crippen LogP contribution in [0.4, 0.5) is 0 Å². The molecule has 1 rings (SSSR count). The molecule has 0 bridgehead atoms. The van der Waals surface area contributed by atoms with Crippen molar-refractivity contribution in [2.24, 2.45) is 0 Å². The Balaban J connectivity index is 2.35. The van der Waals surface area contributed by atoms with Gasteiger partial charge in [0.25, 0.3) is 0 Å². The van der Waals surface area contributed by atoms with E-state index in [0.717, 1.165) is 0 Å². The third-order valence-corrected chi connectivity index (χ3v) is 2.13. The third kappa shape index (κ3) is 1.96. The Labute approximate surface area is 63.6 Å². The topological polar surface area (TPSA) is 15.3 Å². The van der Waals surface area contributed by atoms with Crippen molar-refractivity contribution in [3.8, 4) is 0 Å². The van der Waals surface area contributed by atoms with Crippen LogP contribution in [0.15, 0.2) is 0 Å². The van der Waals surface area contributed by atoms with Crippen LogP contribution in [0.1, 0.15) is 20.3 Å². The lowest BCUT2D eigenvalue weighted by Crippen LogP contribution is -2.53. The van der Waals surface area contributed by atoms with Crippen molar-refractivity contribution < 1.29 is 0 Å². The molecule has 0 aromatic carbocycles. The Bertz CT molecular complexity index is 93.4. The van der Waals surface area contributed by atoms with Crippen LogP contribution in [0, 0.1) is 0 Å². The highest BCUT2D eigenvalue weighted by atomic mass is 15.2. The van der Waals surface area contributed by atoms with E-state index in [1.54, 1.807) is 0 Å². The fraction of sp³-hybridized carbons (Fsp3) is 1.00. The Morgan fingerprint density at radius 3 is 2.70 bits per heavy atom. The second kappa shape index (κ2) is 3.35. The normalized spacial score (nSPS) is 36.3. The summed E-state index contributed by atoms with van der Waals surface area (Å²) in [5, 5.41) is 3.55. The number of nitrogens with zero attached hydrogens (tertiary/aromatic N) is 1. The molecule has 1 unspecified atom stereocenters. The largest absolute Gasteiger partial charge is 0.309 e. The molecular formula is C8H18N2. The maximum Gasteiger partial charge on any atom is 0.0195 e. The Morgan fingerprint density at radius 1 is 1.50 bits per heavy atom. The summed E-state index contributed by atoms with van der Waals surface area (Å²) >= 11 is 0. The van der Waals surface area contributed by atoms with Crippen LogP contribution in [-0.2, 0) is 0 Å². The Kier molecular flexibility index (Phi) is 2.69. The third-order valence-electron chi connectivity index (χ3n) is 2.13. The second-order valence-electron chi connectivity index (χ2n) is 3.39. The van der Waals surface area contributed by atoms with Crippen LogP contribution in [0.5, 0.6) is 0 Å². The average molecular weight is 142 g/mol. The van der Waals surface area contributed by atoms with E-state index < -0.39 is 0 Å². The van der Waals surface area contributed by atoms with Gasteiger partial charge in [0.1, 0.15) is 0 Å². The van der Waals surface area contributed by atoms with Gasteiger partial charge in [0.2, 0.25) is 0 Å². The zero-order chi connectivity index (χ0) is 7.56. The van der Waals surface area contributed by atoms with Crippen molar-refractivity contribution in [3.63, 3.8) is 0 Å². The minimum absolute atomic E-state index is 0.670.